The van der Waals surface area contributed by atoms with Gasteiger partial charge in [-0.3, -0.25) is 0 Å². The van der Waals surface area contributed by atoms with E-state index in [0.717, 1.165) is 24.0 Å². The van der Waals surface area contributed by atoms with E-state index >= 15 is 0 Å². The molecule has 0 saturated heterocycles. The third-order valence-electron chi connectivity index (χ3n) is 2.83. The van der Waals surface area contributed by atoms with Gasteiger partial charge in [0.1, 0.15) is 17.5 Å². The van der Waals surface area contributed by atoms with Gasteiger partial charge in [-0.1, -0.05) is 26.2 Å². The summed E-state index contributed by atoms with van der Waals surface area (Å²) in [5.41, 5.74) is 0. The van der Waals surface area contributed by atoms with E-state index < -0.39 is 0 Å². The molecule has 0 amide bonds. The second kappa shape index (κ2) is 7.90. The Balaban J connectivity index is 2.54. The molecule has 4 heteroatoms. The molecule has 0 spiro atoms. The van der Waals surface area contributed by atoms with Gasteiger partial charge in [0, 0.05) is 18.7 Å². The highest BCUT2D eigenvalue weighted by molar-refractivity contribution is 5.47. The van der Waals surface area contributed by atoms with Gasteiger partial charge in [-0.2, -0.15) is 0 Å². The fraction of sp³-hybridized carbons (Fsp3) is 0.714. The predicted octanol–water partition coefficient (Wildman–Crippen LogP) is 3.60. The molecular formula is C14H26N4. The van der Waals surface area contributed by atoms with E-state index in [1.165, 1.54) is 25.7 Å². The lowest BCUT2D eigenvalue weighted by Crippen LogP contribution is -2.16. The van der Waals surface area contributed by atoms with Crippen LogP contribution in [0.25, 0.3) is 0 Å². The molecule has 1 atom stereocenters. The fourth-order valence-electron chi connectivity index (χ4n) is 1.94. The van der Waals surface area contributed by atoms with Gasteiger partial charge in [0.15, 0.2) is 0 Å². The van der Waals surface area contributed by atoms with Crippen molar-refractivity contribution in [1.29, 1.82) is 0 Å². The highest BCUT2D eigenvalue weighted by Crippen LogP contribution is 2.14. The van der Waals surface area contributed by atoms with Crippen molar-refractivity contribution in [2.24, 2.45) is 0 Å². The molecule has 0 bridgehead atoms. The molecule has 0 radical (unpaired) electrons. The second-order valence-corrected chi connectivity index (χ2v) is 4.76. The number of aryl methyl sites for hydroxylation is 1. The average molecular weight is 250 g/mol. The molecule has 4 nitrogen and oxygen atoms in total. The fourth-order valence-corrected chi connectivity index (χ4v) is 1.94. The highest BCUT2D eigenvalue weighted by atomic mass is 15.1. The molecule has 1 aromatic rings. The van der Waals surface area contributed by atoms with Crippen LogP contribution in [0.4, 0.5) is 11.6 Å². The summed E-state index contributed by atoms with van der Waals surface area (Å²) in [7, 11) is 0. The number of aromatic nitrogens is 2. The molecule has 0 aliphatic heterocycles. The first-order valence-corrected chi connectivity index (χ1v) is 7.01. The highest BCUT2D eigenvalue weighted by Gasteiger charge is 2.05. The van der Waals surface area contributed by atoms with Gasteiger partial charge >= 0.3 is 0 Å². The van der Waals surface area contributed by atoms with Gasteiger partial charge in [0.25, 0.3) is 0 Å². The Hall–Kier alpha value is -1.32. The summed E-state index contributed by atoms with van der Waals surface area (Å²) < 4.78 is 0. The van der Waals surface area contributed by atoms with Gasteiger partial charge in [-0.25, -0.2) is 9.97 Å². The Morgan fingerprint density at radius 2 is 1.89 bits per heavy atom. The topological polar surface area (TPSA) is 49.8 Å². The number of rotatable bonds is 8. The van der Waals surface area contributed by atoms with Gasteiger partial charge < -0.3 is 10.6 Å². The Labute approximate surface area is 111 Å². The lowest BCUT2D eigenvalue weighted by molar-refractivity contribution is 0.613. The third-order valence-corrected chi connectivity index (χ3v) is 2.83. The van der Waals surface area contributed by atoms with E-state index in [4.69, 9.17) is 0 Å². The molecule has 2 N–H and O–H groups in total. The van der Waals surface area contributed by atoms with Gasteiger partial charge in [-0.05, 0) is 27.2 Å². The molecule has 0 fully saturated rings. The molecule has 18 heavy (non-hydrogen) atoms. The molecule has 1 unspecified atom stereocenters. The maximum absolute atomic E-state index is 4.42. The number of hydrogen-bond donors (Lipinski definition) is 2. The quantitative estimate of drug-likeness (QED) is 0.692. The number of nitrogens with zero attached hydrogens (tertiary/aromatic N) is 2. The van der Waals surface area contributed by atoms with E-state index in [1.54, 1.807) is 0 Å². The Morgan fingerprint density at radius 1 is 1.17 bits per heavy atom. The summed E-state index contributed by atoms with van der Waals surface area (Å²) in [4.78, 5) is 8.77. The van der Waals surface area contributed by atoms with Crippen molar-refractivity contribution < 1.29 is 0 Å². The number of nitrogens with one attached hydrogen (secondary N) is 2. The van der Waals surface area contributed by atoms with Crippen molar-refractivity contribution in [3.05, 3.63) is 11.9 Å². The number of anilines is 2. The first-order chi connectivity index (χ1) is 8.65. The van der Waals surface area contributed by atoms with Crippen molar-refractivity contribution in [2.75, 3.05) is 17.2 Å². The van der Waals surface area contributed by atoms with Crippen LogP contribution in [-0.2, 0) is 0 Å². The first-order valence-electron chi connectivity index (χ1n) is 7.01. The van der Waals surface area contributed by atoms with Crippen molar-refractivity contribution in [1.82, 2.24) is 9.97 Å². The lowest BCUT2D eigenvalue weighted by Gasteiger charge is -2.15. The molecule has 102 valence electrons. The second-order valence-electron chi connectivity index (χ2n) is 4.76. The van der Waals surface area contributed by atoms with E-state index in [2.05, 4.69) is 41.4 Å². The van der Waals surface area contributed by atoms with Gasteiger partial charge in [-0.15, -0.1) is 0 Å². The van der Waals surface area contributed by atoms with Crippen molar-refractivity contribution in [2.45, 2.75) is 59.4 Å². The minimum absolute atomic E-state index is 0.459. The summed E-state index contributed by atoms with van der Waals surface area (Å²) in [5.74, 6) is 2.62. The van der Waals surface area contributed by atoms with Crippen LogP contribution in [0, 0.1) is 6.92 Å². The minimum atomic E-state index is 0.459. The molecule has 0 aliphatic rings. The van der Waals surface area contributed by atoms with Crippen molar-refractivity contribution in [3.63, 3.8) is 0 Å². The average Bonchev–Trinajstić information content (AvgIpc) is 2.28. The van der Waals surface area contributed by atoms with Crippen molar-refractivity contribution in [3.8, 4) is 0 Å². The van der Waals surface area contributed by atoms with Crippen molar-refractivity contribution >= 4 is 11.6 Å². The van der Waals surface area contributed by atoms with Crippen LogP contribution in [0.3, 0.4) is 0 Å². The predicted molar refractivity (Wildman–Crippen MR) is 78.2 cm³/mol. The summed E-state index contributed by atoms with van der Waals surface area (Å²) in [6.07, 6.45) is 5.03. The van der Waals surface area contributed by atoms with Crippen LogP contribution < -0.4 is 10.6 Å². The first kappa shape index (κ1) is 14.7. The van der Waals surface area contributed by atoms with Crippen LogP contribution >= 0.6 is 0 Å². The molecular weight excluding hydrogens is 224 g/mol. The SMILES string of the molecule is CCCCCC(C)Nc1cc(NCC)nc(C)n1. The molecule has 1 aromatic heterocycles. The Bertz CT molecular complexity index is 352. The lowest BCUT2D eigenvalue weighted by atomic mass is 10.1. The largest absolute Gasteiger partial charge is 0.370 e. The molecule has 1 rings (SSSR count). The molecule has 1 heterocycles. The standard InChI is InChI=1S/C14H26N4/c1-5-7-8-9-11(3)16-14-10-13(15-6-2)17-12(4)18-14/h10-11H,5-9H2,1-4H3,(H2,15,16,17,18). The summed E-state index contributed by atoms with van der Waals surface area (Å²) in [6.45, 7) is 9.31. The zero-order valence-corrected chi connectivity index (χ0v) is 12.1. The maximum Gasteiger partial charge on any atom is 0.132 e. The number of unbranched alkanes of at least 4 members (excludes halogenated alkanes) is 2. The third kappa shape index (κ3) is 5.34. The van der Waals surface area contributed by atoms with E-state index in [-0.39, 0.29) is 0 Å². The van der Waals surface area contributed by atoms with Crippen LogP contribution in [0.15, 0.2) is 6.07 Å². The normalized spacial score (nSPS) is 12.2. The van der Waals surface area contributed by atoms with Crippen LogP contribution in [-0.4, -0.2) is 22.6 Å². The molecule has 0 aliphatic carbocycles. The monoisotopic (exact) mass is 250 g/mol. The van der Waals surface area contributed by atoms with Gasteiger partial charge in [0.05, 0.1) is 0 Å². The summed E-state index contributed by atoms with van der Waals surface area (Å²) in [6, 6.07) is 2.44. The Morgan fingerprint density at radius 3 is 2.56 bits per heavy atom. The van der Waals surface area contributed by atoms with Crippen LogP contribution in [0.2, 0.25) is 0 Å². The van der Waals surface area contributed by atoms with Crippen LogP contribution in [0.5, 0.6) is 0 Å². The zero-order chi connectivity index (χ0) is 13.4. The Kier molecular flexibility index (Phi) is 6.47. The van der Waals surface area contributed by atoms with E-state index in [9.17, 15) is 0 Å². The van der Waals surface area contributed by atoms with Crippen LogP contribution in [0.1, 0.15) is 52.3 Å². The zero-order valence-electron chi connectivity index (χ0n) is 12.1. The van der Waals surface area contributed by atoms with E-state index in [1.807, 2.05) is 13.0 Å². The number of hydrogen-bond acceptors (Lipinski definition) is 4. The summed E-state index contributed by atoms with van der Waals surface area (Å²) >= 11 is 0. The minimum Gasteiger partial charge on any atom is -0.370 e. The molecule has 0 saturated carbocycles. The van der Waals surface area contributed by atoms with Gasteiger partial charge in [0.2, 0.25) is 0 Å². The summed E-state index contributed by atoms with van der Waals surface area (Å²) in [5, 5.41) is 6.67. The maximum atomic E-state index is 4.42. The van der Waals surface area contributed by atoms with E-state index in [0.29, 0.717) is 6.04 Å². The smallest absolute Gasteiger partial charge is 0.132 e. The molecule has 0 aromatic carbocycles.